The summed E-state index contributed by atoms with van der Waals surface area (Å²) in [5, 5.41) is 0. The number of methoxy groups -OCH3 is 2. The number of benzene rings is 1. The van der Waals surface area contributed by atoms with Gasteiger partial charge in [0.2, 0.25) is 0 Å². The molecule has 1 aliphatic carbocycles. The van der Waals surface area contributed by atoms with Gasteiger partial charge in [0.05, 0.1) is 25.4 Å². The molecule has 118 valence electrons. The maximum absolute atomic E-state index is 13.8. The average Bonchev–Trinajstić information content (AvgIpc) is 2.55. The number of fused-ring (bicyclic) bond motifs is 1. The Kier molecular flexibility index (Phi) is 4.20. The number of hydrogen-bond donors (Lipinski definition) is 0. The predicted molar refractivity (Wildman–Crippen MR) is 64.7 cm³/mol. The third-order valence-corrected chi connectivity index (χ3v) is 3.41. The second-order valence-corrected chi connectivity index (χ2v) is 4.51. The molecule has 1 aromatic rings. The molecule has 0 bridgehead atoms. The van der Waals surface area contributed by atoms with Gasteiger partial charge in [-0.05, 0) is 0 Å². The lowest BCUT2D eigenvalue weighted by Crippen LogP contribution is -2.25. The van der Waals surface area contributed by atoms with E-state index in [0.717, 1.165) is 14.2 Å². The molecule has 0 heterocycles. The van der Waals surface area contributed by atoms with Crippen LogP contribution in [0.25, 0.3) is 0 Å². The van der Waals surface area contributed by atoms with Crippen LogP contribution >= 0.6 is 0 Å². The monoisotopic (exact) mass is 318 g/mol. The summed E-state index contributed by atoms with van der Waals surface area (Å²) in [6.07, 6.45) is -1.21. The number of hydrogen-bond acceptors (Lipinski definition) is 4. The summed E-state index contributed by atoms with van der Waals surface area (Å²) in [5.74, 6) is -9.06. The van der Waals surface area contributed by atoms with E-state index in [9.17, 15) is 27.2 Å². The zero-order valence-electron chi connectivity index (χ0n) is 11.6. The van der Waals surface area contributed by atoms with Crippen LogP contribution < -0.4 is 0 Å². The molecular formula is C14H10F4O4. The molecule has 0 fully saturated rings. The summed E-state index contributed by atoms with van der Waals surface area (Å²) in [5.41, 5.74) is -1.62. The fourth-order valence-corrected chi connectivity index (χ4v) is 2.30. The van der Waals surface area contributed by atoms with Crippen molar-refractivity contribution < 1.29 is 36.6 Å². The molecule has 1 aliphatic rings. The van der Waals surface area contributed by atoms with Crippen molar-refractivity contribution in [1.82, 2.24) is 0 Å². The maximum atomic E-state index is 13.8. The average molecular weight is 318 g/mol. The van der Waals surface area contributed by atoms with Crippen LogP contribution in [0.15, 0.2) is 11.1 Å². The van der Waals surface area contributed by atoms with E-state index in [2.05, 4.69) is 9.47 Å². The molecule has 0 aliphatic heterocycles. The van der Waals surface area contributed by atoms with Gasteiger partial charge in [0, 0.05) is 24.0 Å². The number of halogens is 4. The first-order valence-electron chi connectivity index (χ1n) is 6.05. The molecular weight excluding hydrogens is 308 g/mol. The van der Waals surface area contributed by atoms with Gasteiger partial charge in [0.25, 0.3) is 0 Å². The maximum Gasteiger partial charge on any atom is 0.334 e. The highest BCUT2D eigenvalue weighted by molar-refractivity contribution is 6.01. The van der Waals surface area contributed by atoms with Crippen molar-refractivity contribution in [3.05, 3.63) is 45.5 Å². The van der Waals surface area contributed by atoms with Crippen molar-refractivity contribution in [3.63, 3.8) is 0 Å². The summed E-state index contributed by atoms with van der Waals surface area (Å²) in [4.78, 5) is 23.4. The minimum atomic E-state index is -1.97. The van der Waals surface area contributed by atoms with Gasteiger partial charge >= 0.3 is 11.9 Å². The molecule has 0 saturated heterocycles. The van der Waals surface area contributed by atoms with Crippen LogP contribution in [-0.4, -0.2) is 26.2 Å². The Labute approximate surface area is 122 Å². The Bertz CT molecular complexity index is 651. The van der Waals surface area contributed by atoms with Gasteiger partial charge in [-0.15, -0.1) is 0 Å². The van der Waals surface area contributed by atoms with Crippen LogP contribution in [0.4, 0.5) is 17.6 Å². The Hall–Kier alpha value is -2.38. The van der Waals surface area contributed by atoms with E-state index in [1.807, 2.05) is 0 Å². The highest BCUT2D eigenvalue weighted by Gasteiger charge is 2.34. The third-order valence-electron chi connectivity index (χ3n) is 3.41. The van der Waals surface area contributed by atoms with E-state index in [4.69, 9.17) is 0 Å². The van der Waals surface area contributed by atoms with Gasteiger partial charge < -0.3 is 9.47 Å². The number of rotatable bonds is 2. The molecule has 0 amide bonds. The Morgan fingerprint density at radius 1 is 0.727 bits per heavy atom. The number of ether oxygens (including phenoxy) is 2. The quantitative estimate of drug-likeness (QED) is 0.362. The van der Waals surface area contributed by atoms with Crippen LogP contribution in [0.1, 0.15) is 11.1 Å². The molecule has 0 spiro atoms. The fourth-order valence-electron chi connectivity index (χ4n) is 2.30. The van der Waals surface area contributed by atoms with Crippen molar-refractivity contribution in [2.24, 2.45) is 0 Å². The zero-order chi connectivity index (χ0) is 16.6. The topological polar surface area (TPSA) is 52.6 Å². The van der Waals surface area contributed by atoms with E-state index in [-0.39, 0.29) is 11.1 Å². The van der Waals surface area contributed by atoms with Crippen molar-refractivity contribution in [2.75, 3.05) is 14.2 Å². The fraction of sp³-hybridized carbons (Fsp3) is 0.286. The number of carbonyl (C=O) groups is 2. The molecule has 0 atom stereocenters. The van der Waals surface area contributed by atoms with E-state index in [0.29, 0.717) is 0 Å². The van der Waals surface area contributed by atoms with E-state index < -0.39 is 59.2 Å². The van der Waals surface area contributed by atoms with Crippen LogP contribution in [0.2, 0.25) is 0 Å². The summed E-state index contributed by atoms with van der Waals surface area (Å²) in [7, 11) is 2.06. The molecule has 1 aromatic carbocycles. The smallest absolute Gasteiger partial charge is 0.334 e. The standard InChI is InChI=1S/C14H10F4O4/c1-21-13(19)7-3-5-6(4-8(7)14(20)22-2)10(16)12(18)11(17)9(5)15/h3-4H2,1-2H3. The predicted octanol–water partition coefficient (Wildman–Crippen LogP) is 1.98. The highest BCUT2D eigenvalue weighted by Crippen LogP contribution is 2.33. The van der Waals surface area contributed by atoms with Gasteiger partial charge in [-0.3, -0.25) is 0 Å². The van der Waals surface area contributed by atoms with Crippen molar-refractivity contribution >= 4 is 11.9 Å². The summed E-state index contributed by atoms with van der Waals surface area (Å²) in [6.45, 7) is 0. The molecule has 22 heavy (non-hydrogen) atoms. The molecule has 0 saturated carbocycles. The van der Waals surface area contributed by atoms with Gasteiger partial charge in [0.1, 0.15) is 0 Å². The molecule has 2 rings (SSSR count). The second kappa shape index (κ2) is 5.78. The largest absolute Gasteiger partial charge is 0.466 e. The van der Waals surface area contributed by atoms with Crippen LogP contribution in [0, 0.1) is 23.3 Å². The van der Waals surface area contributed by atoms with E-state index in [1.54, 1.807) is 0 Å². The molecule has 0 radical (unpaired) electrons. The molecule has 8 heteroatoms. The number of esters is 2. The van der Waals surface area contributed by atoms with Crippen LogP contribution in [-0.2, 0) is 31.9 Å². The normalized spacial score (nSPS) is 13.7. The second-order valence-electron chi connectivity index (χ2n) is 4.51. The third kappa shape index (κ3) is 2.34. The minimum absolute atomic E-state index is 0.286. The SMILES string of the molecule is COC(=O)C1=C(C(=O)OC)Cc2c(F)c(F)c(F)c(F)c2C1. The Morgan fingerprint density at radius 2 is 1.05 bits per heavy atom. The van der Waals surface area contributed by atoms with Crippen LogP contribution in [0.5, 0.6) is 0 Å². The lowest BCUT2D eigenvalue weighted by atomic mass is 9.85. The van der Waals surface area contributed by atoms with Gasteiger partial charge in [-0.2, -0.15) is 0 Å². The summed E-state index contributed by atoms with van der Waals surface area (Å²) in [6, 6.07) is 0. The van der Waals surface area contributed by atoms with Crippen LogP contribution in [0.3, 0.4) is 0 Å². The van der Waals surface area contributed by atoms with Gasteiger partial charge in [-0.1, -0.05) is 0 Å². The lowest BCUT2D eigenvalue weighted by molar-refractivity contribution is -0.139. The van der Waals surface area contributed by atoms with E-state index in [1.165, 1.54) is 0 Å². The first-order chi connectivity index (χ1) is 10.3. The highest BCUT2D eigenvalue weighted by atomic mass is 19.2. The lowest BCUT2D eigenvalue weighted by Gasteiger charge is -2.22. The Balaban J connectivity index is 2.67. The first-order valence-corrected chi connectivity index (χ1v) is 6.05. The number of carbonyl (C=O) groups excluding carboxylic acids is 2. The molecule has 4 nitrogen and oxygen atoms in total. The van der Waals surface area contributed by atoms with Crippen molar-refractivity contribution in [1.29, 1.82) is 0 Å². The zero-order valence-corrected chi connectivity index (χ0v) is 11.6. The van der Waals surface area contributed by atoms with Gasteiger partial charge in [-0.25, -0.2) is 27.2 Å². The van der Waals surface area contributed by atoms with E-state index >= 15 is 0 Å². The Morgan fingerprint density at radius 3 is 1.32 bits per heavy atom. The molecule has 0 aromatic heterocycles. The minimum Gasteiger partial charge on any atom is -0.466 e. The molecule has 0 unspecified atom stereocenters. The first kappa shape index (κ1) is 16.0. The van der Waals surface area contributed by atoms with Crippen molar-refractivity contribution in [2.45, 2.75) is 12.8 Å². The molecule has 0 N–H and O–H groups in total. The summed E-state index contributed by atoms with van der Waals surface area (Å²) < 4.78 is 63.1. The van der Waals surface area contributed by atoms with Gasteiger partial charge in [0.15, 0.2) is 23.3 Å². The van der Waals surface area contributed by atoms with Crippen molar-refractivity contribution in [3.8, 4) is 0 Å². The summed E-state index contributed by atoms with van der Waals surface area (Å²) >= 11 is 0.